The van der Waals surface area contributed by atoms with Crippen LogP contribution in [0, 0.1) is 16.0 Å². The lowest BCUT2D eigenvalue weighted by Crippen LogP contribution is -2.43. The molecule has 2 aliphatic rings. The van der Waals surface area contributed by atoms with E-state index in [4.69, 9.17) is 0 Å². The molecule has 1 aromatic heterocycles. The molecule has 2 fully saturated rings. The zero-order chi connectivity index (χ0) is 19.7. The Kier molecular flexibility index (Phi) is 4.81. The number of nitro benzene ring substituents is 1. The summed E-state index contributed by atoms with van der Waals surface area (Å²) >= 11 is 0. The van der Waals surface area contributed by atoms with Crippen molar-refractivity contribution in [2.75, 3.05) is 13.1 Å². The Hall–Kier alpha value is -3.23. The molecule has 2 amide bonds. The fourth-order valence-electron chi connectivity index (χ4n) is 3.50. The predicted octanol–water partition coefficient (Wildman–Crippen LogP) is 1.91. The number of nitrogens with zero attached hydrogens (tertiary/aromatic N) is 4. The maximum atomic E-state index is 12.8. The molecule has 28 heavy (non-hydrogen) atoms. The standard InChI is InChI=1S/C19H21N5O4/c25-18(21-15-2-3-15)13-5-8-22(9-6-13)19(26)14-1-4-16(17(11-14)24(27)28)23-10-7-20-12-23/h1,4,7,10-13,15H,2-3,5-6,8-9H2,(H,21,25). The summed E-state index contributed by atoms with van der Waals surface area (Å²) < 4.78 is 1.54. The third-order valence-electron chi connectivity index (χ3n) is 5.28. The summed E-state index contributed by atoms with van der Waals surface area (Å²) in [4.78, 5) is 41.5. The number of hydrogen-bond donors (Lipinski definition) is 1. The van der Waals surface area contributed by atoms with Crippen LogP contribution in [0.1, 0.15) is 36.0 Å². The fourth-order valence-corrected chi connectivity index (χ4v) is 3.50. The van der Waals surface area contributed by atoms with Gasteiger partial charge < -0.3 is 14.8 Å². The second-order valence-electron chi connectivity index (χ2n) is 7.28. The average molecular weight is 383 g/mol. The molecule has 0 spiro atoms. The number of imidazole rings is 1. The van der Waals surface area contributed by atoms with Gasteiger partial charge in [-0.2, -0.15) is 0 Å². The highest BCUT2D eigenvalue weighted by atomic mass is 16.6. The smallest absolute Gasteiger partial charge is 0.294 e. The number of carbonyl (C=O) groups is 2. The molecular formula is C19H21N5O4. The minimum Gasteiger partial charge on any atom is -0.353 e. The molecule has 2 aromatic rings. The quantitative estimate of drug-likeness (QED) is 0.626. The lowest BCUT2D eigenvalue weighted by atomic mass is 9.95. The summed E-state index contributed by atoms with van der Waals surface area (Å²) in [6, 6.07) is 4.80. The molecule has 1 aromatic carbocycles. The first kappa shape index (κ1) is 18.1. The van der Waals surface area contributed by atoms with Gasteiger partial charge in [0.2, 0.25) is 5.91 Å². The van der Waals surface area contributed by atoms with Crippen molar-refractivity contribution in [1.29, 1.82) is 0 Å². The van der Waals surface area contributed by atoms with Crippen LogP contribution in [0.2, 0.25) is 0 Å². The van der Waals surface area contributed by atoms with Gasteiger partial charge in [0.1, 0.15) is 5.69 Å². The van der Waals surface area contributed by atoms with Crippen molar-refractivity contribution in [3.63, 3.8) is 0 Å². The number of rotatable bonds is 5. The summed E-state index contributed by atoms with van der Waals surface area (Å²) in [6.45, 7) is 0.942. The molecule has 0 unspecified atom stereocenters. The van der Waals surface area contributed by atoms with Crippen LogP contribution in [0.5, 0.6) is 0 Å². The van der Waals surface area contributed by atoms with E-state index in [0.717, 1.165) is 12.8 Å². The first-order valence-corrected chi connectivity index (χ1v) is 9.39. The van der Waals surface area contributed by atoms with Crippen LogP contribution in [0.3, 0.4) is 0 Å². The first-order valence-electron chi connectivity index (χ1n) is 9.39. The monoisotopic (exact) mass is 383 g/mol. The van der Waals surface area contributed by atoms with Gasteiger partial charge in [-0.1, -0.05) is 0 Å². The highest BCUT2D eigenvalue weighted by Crippen LogP contribution is 2.27. The molecule has 1 N–H and O–H groups in total. The van der Waals surface area contributed by atoms with E-state index in [-0.39, 0.29) is 29.0 Å². The molecule has 2 heterocycles. The van der Waals surface area contributed by atoms with E-state index in [0.29, 0.717) is 37.7 Å². The average Bonchev–Trinajstić information content (AvgIpc) is 3.35. The Morgan fingerprint density at radius 1 is 1.18 bits per heavy atom. The number of benzene rings is 1. The Morgan fingerprint density at radius 2 is 1.93 bits per heavy atom. The van der Waals surface area contributed by atoms with E-state index >= 15 is 0 Å². The number of likely N-dealkylation sites (tertiary alicyclic amines) is 1. The predicted molar refractivity (Wildman–Crippen MR) is 100 cm³/mol. The summed E-state index contributed by atoms with van der Waals surface area (Å²) in [6.07, 6.45) is 7.95. The van der Waals surface area contributed by atoms with Gasteiger partial charge >= 0.3 is 0 Å². The van der Waals surface area contributed by atoms with Gasteiger partial charge in [0, 0.05) is 49.1 Å². The fraction of sp³-hybridized carbons (Fsp3) is 0.421. The van der Waals surface area contributed by atoms with Gasteiger partial charge in [-0.25, -0.2) is 4.98 Å². The van der Waals surface area contributed by atoms with Crippen molar-refractivity contribution in [2.24, 2.45) is 5.92 Å². The van der Waals surface area contributed by atoms with Crippen LogP contribution >= 0.6 is 0 Å². The molecule has 0 radical (unpaired) electrons. The molecule has 0 atom stereocenters. The summed E-state index contributed by atoms with van der Waals surface area (Å²) in [7, 11) is 0. The lowest BCUT2D eigenvalue weighted by Gasteiger charge is -2.31. The molecule has 1 aliphatic carbocycles. The van der Waals surface area contributed by atoms with Gasteiger partial charge in [-0.3, -0.25) is 19.7 Å². The zero-order valence-electron chi connectivity index (χ0n) is 15.3. The van der Waals surface area contributed by atoms with Crippen LogP contribution in [-0.2, 0) is 4.79 Å². The van der Waals surface area contributed by atoms with E-state index < -0.39 is 4.92 Å². The van der Waals surface area contributed by atoms with Crippen molar-refractivity contribution in [2.45, 2.75) is 31.7 Å². The normalized spacial score (nSPS) is 17.4. The van der Waals surface area contributed by atoms with Crippen LogP contribution in [0.25, 0.3) is 5.69 Å². The summed E-state index contributed by atoms with van der Waals surface area (Å²) in [5.74, 6) is -0.237. The molecule has 4 rings (SSSR count). The third-order valence-corrected chi connectivity index (χ3v) is 5.28. The minimum absolute atomic E-state index is 0.0670. The van der Waals surface area contributed by atoms with Gasteiger partial charge in [0.15, 0.2) is 0 Å². The summed E-state index contributed by atoms with van der Waals surface area (Å²) in [5, 5.41) is 14.5. The van der Waals surface area contributed by atoms with E-state index in [2.05, 4.69) is 10.3 Å². The number of piperidine rings is 1. The Balaban J connectivity index is 1.45. The number of nitrogens with one attached hydrogen (secondary N) is 1. The van der Waals surface area contributed by atoms with Gasteiger partial charge in [0.25, 0.3) is 11.6 Å². The van der Waals surface area contributed by atoms with Crippen molar-refractivity contribution in [3.05, 3.63) is 52.6 Å². The van der Waals surface area contributed by atoms with Crippen molar-refractivity contribution >= 4 is 17.5 Å². The van der Waals surface area contributed by atoms with Crippen LogP contribution in [-0.4, -0.2) is 50.3 Å². The van der Waals surface area contributed by atoms with E-state index in [1.165, 1.54) is 23.2 Å². The topological polar surface area (TPSA) is 110 Å². The van der Waals surface area contributed by atoms with Gasteiger partial charge in [-0.05, 0) is 37.8 Å². The Morgan fingerprint density at radius 3 is 2.54 bits per heavy atom. The van der Waals surface area contributed by atoms with Gasteiger partial charge in [-0.15, -0.1) is 0 Å². The van der Waals surface area contributed by atoms with Crippen LogP contribution < -0.4 is 5.32 Å². The minimum atomic E-state index is -0.499. The SMILES string of the molecule is O=C(NC1CC1)C1CCN(C(=O)c2ccc(-n3ccnc3)c([N+](=O)[O-])c2)CC1. The molecule has 9 heteroatoms. The van der Waals surface area contributed by atoms with Crippen molar-refractivity contribution < 1.29 is 14.5 Å². The van der Waals surface area contributed by atoms with Crippen LogP contribution in [0.4, 0.5) is 5.69 Å². The zero-order valence-corrected chi connectivity index (χ0v) is 15.3. The van der Waals surface area contributed by atoms with Crippen LogP contribution in [0.15, 0.2) is 36.9 Å². The number of aromatic nitrogens is 2. The molecule has 1 saturated heterocycles. The number of nitro groups is 1. The second kappa shape index (κ2) is 7.41. The Labute approximate surface area is 161 Å². The number of amides is 2. The largest absolute Gasteiger partial charge is 0.353 e. The Bertz CT molecular complexity index is 899. The maximum Gasteiger partial charge on any atom is 0.294 e. The second-order valence-corrected chi connectivity index (χ2v) is 7.28. The first-order chi connectivity index (χ1) is 13.5. The van der Waals surface area contributed by atoms with Crippen molar-refractivity contribution in [3.8, 4) is 5.69 Å². The molecule has 0 bridgehead atoms. The molecule has 146 valence electrons. The maximum absolute atomic E-state index is 12.8. The highest BCUT2D eigenvalue weighted by Gasteiger charge is 2.31. The van der Waals surface area contributed by atoms with Gasteiger partial charge in [0.05, 0.1) is 11.3 Å². The lowest BCUT2D eigenvalue weighted by molar-refractivity contribution is -0.384. The highest BCUT2D eigenvalue weighted by molar-refractivity contribution is 5.95. The number of hydrogen-bond acceptors (Lipinski definition) is 5. The third kappa shape index (κ3) is 3.73. The molecular weight excluding hydrogens is 362 g/mol. The van der Waals surface area contributed by atoms with Crippen molar-refractivity contribution in [1.82, 2.24) is 19.8 Å². The summed E-state index contributed by atoms with van der Waals surface area (Å²) in [5.41, 5.74) is 0.480. The van der Waals surface area contributed by atoms with E-state index in [1.54, 1.807) is 23.2 Å². The molecule has 9 nitrogen and oxygen atoms in total. The molecule has 1 aliphatic heterocycles. The number of carbonyl (C=O) groups excluding carboxylic acids is 2. The van der Waals surface area contributed by atoms with E-state index in [1.807, 2.05) is 0 Å². The molecule has 1 saturated carbocycles. The van der Waals surface area contributed by atoms with E-state index in [9.17, 15) is 19.7 Å².